The van der Waals surface area contributed by atoms with Crippen LogP contribution in [0.4, 0.5) is 0 Å². The Morgan fingerprint density at radius 2 is 1.56 bits per heavy atom. The van der Waals surface area contributed by atoms with Gasteiger partial charge < -0.3 is 14.7 Å². The van der Waals surface area contributed by atoms with Gasteiger partial charge in [0.2, 0.25) is 0 Å². The maximum atomic E-state index is 8.88. The summed E-state index contributed by atoms with van der Waals surface area (Å²) in [5, 5.41) is 0.200. The van der Waals surface area contributed by atoms with Crippen LogP contribution in [0.15, 0.2) is 24.3 Å². The Bertz CT molecular complexity index is 370. The highest BCUT2D eigenvalue weighted by Gasteiger charge is 2.14. The Morgan fingerprint density at radius 3 is 1.81 bits per heavy atom. The summed E-state index contributed by atoms with van der Waals surface area (Å²) in [4.78, 5) is 21.6. The minimum absolute atomic E-state index is 0.200. The molecule has 0 fully saturated rings. The molecule has 1 aromatic carbocycles. The SMILES string of the molecule is Cc1ccccc1C(C)(C)P.O=P(O)(O)O. The Hall–Kier alpha value is -0.240. The van der Waals surface area contributed by atoms with Crippen molar-refractivity contribution in [1.82, 2.24) is 0 Å². The lowest BCUT2D eigenvalue weighted by molar-refractivity contribution is 0.275. The molecule has 3 N–H and O–H groups in total. The van der Waals surface area contributed by atoms with Crippen LogP contribution in [-0.2, 0) is 9.72 Å². The van der Waals surface area contributed by atoms with Crippen LogP contribution in [0.25, 0.3) is 0 Å². The van der Waals surface area contributed by atoms with Gasteiger partial charge in [-0.05, 0) is 18.1 Å². The van der Waals surface area contributed by atoms with Crippen LogP contribution >= 0.6 is 17.1 Å². The van der Waals surface area contributed by atoms with E-state index in [-0.39, 0.29) is 5.16 Å². The lowest BCUT2D eigenvalue weighted by Gasteiger charge is -2.20. The normalized spacial score (nSPS) is 11.7. The van der Waals surface area contributed by atoms with Crippen LogP contribution in [0, 0.1) is 6.92 Å². The lowest BCUT2D eigenvalue weighted by atomic mass is 9.97. The van der Waals surface area contributed by atoms with Gasteiger partial charge in [0.25, 0.3) is 0 Å². The maximum absolute atomic E-state index is 8.88. The van der Waals surface area contributed by atoms with Crippen molar-refractivity contribution in [2.45, 2.75) is 25.9 Å². The van der Waals surface area contributed by atoms with Gasteiger partial charge in [-0.15, -0.1) is 9.24 Å². The quantitative estimate of drug-likeness (QED) is 0.679. The summed E-state index contributed by atoms with van der Waals surface area (Å²) in [6, 6.07) is 8.51. The summed E-state index contributed by atoms with van der Waals surface area (Å²) in [5.41, 5.74) is 2.78. The summed E-state index contributed by atoms with van der Waals surface area (Å²) >= 11 is 0. The van der Waals surface area contributed by atoms with E-state index in [1.54, 1.807) is 0 Å². The predicted octanol–water partition coefficient (Wildman–Crippen LogP) is 2.18. The predicted molar refractivity (Wildman–Crippen MR) is 68.2 cm³/mol. The summed E-state index contributed by atoms with van der Waals surface area (Å²) < 4.78 is 8.88. The van der Waals surface area contributed by atoms with Gasteiger partial charge in [0.15, 0.2) is 0 Å². The molecule has 0 aromatic heterocycles. The van der Waals surface area contributed by atoms with E-state index in [1.165, 1.54) is 11.1 Å². The van der Waals surface area contributed by atoms with Gasteiger partial charge in [-0.1, -0.05) is 38.1 Å². The highest BCUT2D eigenvalue weighted by molar-refractivity contribution is 7.45. The van der Waals surface area contributed by atoms with Crippen LogP contribution in [0.1, 0.15) is 25.0 Å². The highest BCUT2D eigenvalue weighted by Crippen LogP contribution is 2.31. The zero-order chi connectivity index (χ0) is 13.0. The van der Waals surface area contributed by atoms with E-state index in [9.17, 15) is 0 Å². The van der Waals surface area contributed by atoms with E-state index in [1.807, 2.05) is 0 Å². The van der Waals surface area contributed by atoms with E-state index in [2.05, 4.69) is 54.3 Å². The zero-order valence-corrected chi connectivity index (χ0v) is 11.6. The number of phosphoric acid groups is 1. The van der Waals surface area contributed by atoms with E-state index in [0.717, 1.165) is 0 Å². The summed E-state index contributed by atoms with van der Waals surface area (Å²) in [6.07, 6.45) is 0. The topological polar surface area (TPSA) is 77.8 Å². The molecule has 6 heteroatoms. The second kappa shape index (κ2) is 5.90. The molecule has 0 amide bonds. The first-order chi connectivity index (χ1) is 7.02. The molecule has 0 saturated carbocycles. The molecule has 92 valence electrons. The monoisotopic (exact) mass is 264 g/mol. The first kappa shape index (κ1) is 15.8. The average Bonchev–Trinajstić information content (AvgIpc) is 1.99. The molecule has 16 heavy (non-hydrogen) atoms. The van der Waals surface area contributed by atoms with Gasteiger partial charge in [-0.25, -0.2) is 4.57 Å². The molecule has 1 atom stereocenters. The van der Waals surface area contributed by atoms with Gasteiger partial charge in [-0.3, -0.25) is 0 Å². The van der Waals surface area contributed by atoms with Crippen molar-refractivity contribution in [2.75, 3.05) is 0 Å². The number of benzene rings is 1. The summed E-state index contributed by atoms with van der Waals surface area (Å²) in [6.45, 7) is 6.57. The number of aryl methyl sites for hydroxylation is 1. The first-order valence-corrected chi connectivity index (χ1v) is 6.79. The van der Waals surface area contributed by atoms with Crippen molar-refractivity contribution < 1.29 is 19.2 Å². The van der Waals surface area contributed by atoms with Gasteiger partial charge in [0.05, 0.1) is 0 Å². The third-order valence-corrected chi connectivity index (χ3v) is 2.15. The molecular weight excluding hydrogens is 246 g/mol. The number of hydrogen-bond donors (Lipinski definition) is 3. The molecule has 1 rings (SSSR count). The Balaban J connectivity index is 0.000000385. The molecule has 0 aliphatic carbocycles. The van der Waals surface area contributed by atoms with E-state index in [4.69, 9.17) is 19.2 Å². The second-order valence-electron chi connectivity index (χ2n) is 4.05. The third-order valence-electron chi connectivity index (χ3n) is 1.84. The smallest absolute Gasteiger partial charge is 0.303 e. The number of rotatable bonds is 1. The van der Waals surface area contributed by atoms with E-state index < -0.39 is 7.82 Å². The second-order valence-corrected chi connectivity index (χ2v) is 6.52. The molecule has 0 saturated heterocycles. The zero-order valence-electron chi connectivity index (χ0n) is 9.58. The molecule has 4 nitrogen and oxygen atoms in total. The fourth-order valence-corrected chi connectivity index (χ4v) is 1.62. The van der Waals surface area contributed by atoms with Crippen LogP contribution in [0.2, 0.25) is 0 Å². The Labute approximate surface area is 98.2 Å². The molecule has 0 aliphatic heterocycles. The van der Waals surface area contributed by atoms with Crippen molar-refractivity contribution in [3.8, 4) is 0 Å². The molecule has 1 aromatic rings. The minimum atomic E-state index is -4.64. The fraction of sp³-hybridized carbons (Fsp3) is 0.400. The lowest BCUT2D eigenvalue weighted by Crippen LogP contribution is -2.08. The van der Waals surface area contributed by atoms with Crippen LogP contribution in [0.5, 0.6) is 0 Å². The molecule has 0 spiro atoms. The molecule has 0 bridgehead atoms. The summed E-state index contributed by atoms with van der Waals surface area (Å²) in [7, 11) is -1.77. The van der Waals surface area contributed by atoms with Crippen molar-refractivity contribution in [3.05, 3.63) is 35.4 Å². The van der Waals surface area contributed by atoms with Gasteiger partial charge in [0.1, 0.15) is 0 Å². The van der Waals surface area contributed by atoms with Crippen molar-refractivity contribution in [3.63, 3.8) is 0 Å². The van der Waals surface area contributed by atoms with Gasteiger partial charge in [0, 0.05) is 5.16 Å². The largest absolute Gasteiger partial charge is 0.466 e. The Kier molecular flexibility index (Phi) is 5.81. The van der Waals surface area contributed by atoms with Crippen LogP contribution in [-0.4, -0.2) is 14.7 Å². The summed E-state index contributed by atoms with van der Waals surface area (Å²) in [5.74, 6) is 0. The van der Waals surface area contributed by atoms with Crippen LogP contribution in [0.3, 0.4) is 0 Å². The average molecular weight is 264 g/mol. The third kappa shape index (κ3) is 7.98. The van der Waals surface area contributed by atoms with E-state index in [0.29, 0.717) is 0 Å². The first-order valence-electron chi connectivity index (χ1n) is 4.65. The molecule has 0 radical (unpaired) electrons. The number of hydrogen-bond acceptors (Lipinski definition) is 1. The highest BCUT2D eigenvalue weighted by atomic mass is 31.2. The van der Waals surface area contributed by atoms with Gasteiger partial charge in [-0.2, -0.15) is 0 Å². The molecule has 0 heterocycles. The molecule has 1 unspecified atom stereocenters. The van der Waals surface area contributed by atoms with Gasteiger partial charge >= 0.3 is 7.82 Å². The molecule has 0 aliphatic rings. The molecular formula is C10H18O4P2. The maximum Gasteiger partial charge on any atom is 0.466 e. The van der Waals surface area contributed by atoms with Crippen LogP contribution < -0.4 is 0 Å². The minimum Gasteiger partial charge on any atom is -0.303 e. The standard InChI is InChI=1S/C10H15P.H3O4P/c1-8-6-4-5-7-9(8)10(2,3)11;1-5(2,3)4/h4-7H,11H2,1-3H3;(H3,1,2,3,4). The van der Waals surface area contributed by atoms with E-state index >= 15 is 0 Å². The van der Waals surface area contributed by atoms with Crippen molar-refractivity contribution in [1.29, 1.82) is 0 Å². The van der Waals surface area contributed by atoms with Crippen molar-refractivity contribution in [2.24, 2.45) is 0 Å². The van der Waals surface area contributed by atoms with Crippen molar-refractivity contribution >= 4 is 17.1 Å². The Morgan fingerprint density at radius 1 is 1.19 bits per heavy atom. The fourth-order valence-electron chi connectivity index (χ4n) is 1.30.